The molecular weight excluding hydrogens is 365 g/mol. The van der Waals surface area contributed by atoms with E-state index in [1.807, 2.05) is 0 Å². The normalized spacial score (nSPS) is 17.1. The zero-order valence-corrected chi connectivity index (χ0v) is 16.2. The minimum atomic E-state index is -0.762. The molecule has 1 aromatic carbocycles. The van der Waals surface area contributed by atoms with Gasteiger partial charge in [0.1, 0.15) is 11.4 Å². The summed E-state index contributed by atoms with van der Waals surface area (Å²) in [6, 6.07) is 8.67. The Balaban J connectivity index is 1.71. The van der Waals surface area contributed by atoms with Crippen LogP contribution in [0.5, 0.6) is 0 Å². The maximum atomic E-state index is 14.0. The van der Waals surface area contributed by atoms with Crippen LogP contribution in [-0.4, -0.2) is 31.5 Å². The van der Waals surface area contributed by atoms with Gasteiger partial charge in [-0.15, -0.1) is 10.2 Å². The van der Waals surface area contributed by atoms with Gasteiger partial charge in [0.25, 0.3) is 0 Å². The molecule has 1 atom stereocenters. The van der Waals surface area contributed by atoms with Crippen LogP contribution in [0.1, 0.15) is 39.0 Å². The predicted octanol–water partition coefficient (Wildman–Crippen LogP) is 3.44. The Kier molecular flexibility index (Phi) is 5.80. The van der Waals surface area contributed by atoms with Gasteiger partial charge in [0.15, 0.2) is 11.0 Å². The van der Waals surface area contributed by atoms with Gasteiger partial charge >= 0.3 is 0 Å². The number of carbonyl (C=O) groups excluding carboxylic acids is 1. The van der Waals surface area contributed by atoms with E-state index in [1.54, 1.807) is 36.7 Å². The molecular formula is C19H22FN5OS. The molecule has 0 bridgehead atoms. The summed E-state index contributed by atoms with van der Waals surface area (Å²) < 4.78 is 15.7. The van der Waals surface area contributed by atoms with Gasteiger partial charge in [-0.25, -0.2) is 4.39 Å². The molecule has 1 heterocycles. The molecule has 142 valence electrons. The largest absolute Gasteiger partial charge is 0.337 e. The van der Waals surface area contributed by atoms with Gasteiger partial charge in [0.2, 0.25) is 5.91 Å². The van der Waals surface area contributed by atoms with Crippen molar-refractivity contribution >= 4 is 17.7 Å². The summed E-state index contributed by atoms with van der Waals surface area (Å²) in [6.45, 7) is 1.77. The molecule has 0 unspecified atom stereocenters. The van der Waals surface area contributed by atoms with E-state index in [2.05, 4.69) is 21.6 Å². The summed E-state index contributed by atoms with van der Waals surface area (Å²) in [5.74, 6) is -0.161. The number of hydrogen-bond acceptors (Lipinski definition) is 5. The molecule has 1 aromatic heterocycles. The maximum Gasteiger partial charge on any atom is 0.234 e. The second-order valence-corrected chi connectivity index (χ2v) is 8.16. The molecule has 1 N–H and O–H groups in total. The highest BCUT2D eigenvalue weighted by atomic mass is 32.2. The van der Waals surface area contributed by atoms with E-state index in [1.165, 1.54) is 17.8 Å². The van der Waals surface area contributed by atoms with E-state index in [4.69, 9.17) is 0 Å². The van der Waals surface area contributed by atoms with E-state index in [0.717, 1.165) is 19.3 Å². The van der Waals surface area contributed by atoms with Crippen molar-refractivity contribution in [3.8, 4) is 17.5 Å². The molecule has 1 aliphatic carbocycles. The smallest absolute Gasteiger partial charge is 0.234 e. The number of nitrogens with one attached hydrogen (secondary N) is 1. The number of aromatic nitrogens is 3. The highest BCUT2D eigenvalue weighted by Crippen LogP contribution is 2.30. The fourth-order valence-electron chi connectivity index (χ4n) is 3.26. The Labute approximate surface area is 162 Å². The van der Waals surface area contributed by atoms with Gasteiger partial charge in [-0.2, -0.15) is 5.26 Å². The number of nitrogens with zero attached hydrogens (tertiary/aromatic N) is 4. The molecule has 8 heteroatoms. The first-order chi connectivity index (χ1) is 13.0. The Hall–Kier alpha value is -2.40. The van der Waals surface area contributed by atoms with E-state index in [0.29, 0.717) is 29.4 Å². The second-order valence-electron chi connectivity index (χ2n) is 6.85. The molecule has 0 radical (unpaired) electrons. The summed E-state index contributed by atoms with van der Waals surface area (Å²) in [6.07, 6.45) is 4.37. The van der Waals surface area contributed by atoms with Crippen molar-refractivity contribution in [1.29, 1.82) is 5.26 Å². The zero-order chi connectivity index (χ0) is 19.4. The minimum Gasteiger partial charge on any atom is -0.337 e. The number of hydrogen-bond donors (Lipinski definition) is 1. The Morgan fingerprint density at radius 1 is 1.33 bits per heavy atom. The number of rotatable bonds is 5. The van der Waals surface area contributed by atoms with Crippen molar-refractivity contribution in [2.75, 3.05) is 0 Å². The number of amides is 1. The molecule has 1 amide bonds. The lowest BCUT2D eigenvalue weighted by Crippen LogP contribution is -2.50. The van der Waals surface area contributed by atoms with Gasteiger partial charge in [0, 0.05) is 7.05 Å². The van der Waals surface area contributed by atoms with Crippen LogP contribution in [0, 0.1) is 17.1 Å². The van der Waals surface area contributed by atoms with Crippen LogP contribution in [0.4, 0.5) is 4.39 Å². The number of halogens is 1. The molecule has 1 saturated carbocycles. The summed E-state index contributed by atoms with van der Waals surface area (Å²) in [4.78, 5) is 12.6. The SMILES string of the molecule is C[C@H](Sc1nnc(-c2ccccc2F)n1C)C(=O)NC1(C#N)CCCCC1. The number of nitriles is 1. The quantitative estimate of drug-likeness (QED) is 0.795. The molecule has 2 aromatic rings. The van der Waals surface area contributed by atoms with E-state index in [9.17, 15) is 14.4 Å². The highest BCUT2D eigenvalue weighted by Gasteiger charge is 2.35. The minimum absolute atomic E-state index is 0.195. The predicted molar refractivity (Wildman–Crippen MR) is 101 cm³/mol. The maximum absolute atomic E-state index is 14.0. The molecule has 27 heavy (non-hydrogen) atoms. The first kappa shape index (κ1) is 19.4. The lowest BCUT2D eigenvalue weighted by molar-refractivity contribution is -0.121. The van der Waals surface area contributed by atoms with E-state index < -0.39 is 10.8 Å². The second kappa shape index (κ2) is 8.09. The summed E-state index contributed by atoms with van der Waals surface area (Å²) in [7, 11) is 1.74. The van der Waals surface area contributed by atoms with Gasteiger partial charge in [-0.1, -0.05) is 43.2 Å². The van der Waals surface area contributed by atoms with Crippen LogP contribution in [0.15, 0.2) is 29.4 Å². The third-order valence-corrected chi connectivity index (χ3v) is 6.02. The fraction of sp³-hybridized carbons (Fsp3) is 0.474. The summed E-state index contributed by atoms with van der Waals surface area (Å²) in [5.41, 5.74) is -0.398. The lowest BCUT2D eigenvalue weighted by atomic mass is 9.83. The van der Waals surface area contributed by atoms with Crippen molar-refractivity contribution in [3.05, 3.63) is 30.1 Å². The van der Waals surface area contributed by atoms with Gasteiger partial charge in [-0.3, -0.25) is 4.79 Å². The van der Waals surface area contributed by atoms with Crippen LogP contribution >= 0.6 is 11.8 Å². The van der Waals surface area contributed by atoms with Gasteiger partial charge in [-0.05, 0) is 31.9 Å². The number of carbonyl (C=O) groups is 1. The van der Waals surface area contributed by atoms with Crippen molar-refractivity contribution in [2.45, 2.75) is 55.0 Å². The van der Waals surface area contributed by atoms with E-state index in [-0.39, 0.29) is 11.7 Å². The standard InChI is InChI=1S/C19H22FN5OS/c1-13(17(26)22-19(12-21)10-6-3-7-11-19)27-18-24-23-16(25(18)2)14-8-4-5-9-15(14)20/h4-5,8-9,13H,3,6-7,10-11H2,1-2H3,(H,22,26)/t13-/m0/s1. The Bertz CT molecular complexity index is 869. The van der Waals surface area contributed by atoms with Crippen molar-refractivity contribution in [2.24, 2.45) is 7.05 Å². The molecule has 0 aliphatic heterocycles. The van der Waals surface area contributed by atoms with Crippen molar-refractivity contribution < 1.29 is 9.18 Å². The third-order valence-electron chi connectivity index (χ3n) is 4.88. The zero-order valence-electron chi connectivity index (χ0n) is 15.4. The Morgan fingerprint density at radius 3 is 2.70 bits per heavy atom. The fourth-order valence-corrected chi connectivity index (χ4v) is 4.08. The van der Waals surface area contributed by atoms with Crippen LogP contribution in [0.2, 0.25) is 0 Å². The molecule has 0 spiro atoms. The topological polar surface area (TPSA) is 83.6 Å². The van der Waals surface area contributed by atoms with Crippen molar-refractivity contribution in [3.63, 3.8) is 0 Å². The van der Waals surface area contributed by atoms with Crippen LogP contribution < -0.4 is 5.32 Å². The van der Waals surface area contributed by atoms with E-state index >= 15 is 0 Å². The highest BCUT2D eigenvalue weighted by molar-refractivity contribution is 8.00. The summed E-state index contributed by atoms with van der Waals surface area (Å²) in [5, 5.41) is 20.7. The Morgan fingerprint density at radius 2 is 2.04 bits per heavy atom. The van der Waals surface area contributed by atoms with Gasteiger partial charge < -0.3 is 9.88 Å². The number of benzene rings is 1. The third kappa shape index (κ3) is 4.14. The van der Waals surface area contributed by atoms with Crippen LogP contribution in [0.25, 0.3) is 11.4 Å². The lowest BCUT2D eigenvalue weighted by Gasteiger charge is -2.32. The molecule has 1 fully saturated rings. The molecule has 3 rings (SSSR count). The van der Waals surface area contributed by atoms with Crippen LogP contribution in [-0.2, 0) is 11.8 Å². The van der Waals surface area contributed by atoms with Crippen LogP contribution in [0.3, 0.4) is 0 Å². The van der Waals surface area contributed by atoms with Gasteiger partial charge in [0.05, 0.1) is 16.9 Å². The first-order valence-electron chi connectivity index (χ1n) is 9.00. The molecule has 6 nitrogen and oxygen atoms in total. The first-order valence-corrected chi connectivity index (χ1v) is 9.88. The monoisotopic (exact) mass is 387 g/mol. The average molecular weight is 387 g/mol. The number of thioether (sulfide) groups is 1. The molecule has 0 saturated heterocycles. The summed E-state index contributed by atoms with van der Waals surface area (Å²) >= 11 is 1.24. The van der Waals surface area contributed by atoms with Crippen molar-refractivity contribution in [1.82, 2.24) is 20.1 Å². The average Bonchev–Trinajstić information content (AvgIpc) is 3.03. The molecule has 1 aliphatic rings.